The highest BCUT2D eigenvalue weighted by Gasteiger charge is 2.15. The highest BCUT2D eigenvalue weighted by atomic mass is 35.5. The Morgan fingerprint density at radius 2 is 1.70 bits per heavy atom. The van der Waals surface area contributed by atoms with Crippen LogP contribution in [-0.4, -0.2) is 38.1 Å². The van der Waals surface area contributed by atoms with Crippen molar-refractivity contribution in [3.8, 4) is 11.5 Å². The summed E-state index contributed by atoms with van der Waals surface area (Å²) in [5.74, 6) is 2.27. The molecule has 0 atom stereocenters. The van der Waals surface area contributed by atoms with Gasteiger partial charge in [0.1, 0.15) is 12.4 Å². The first kappa shape index (κ1) is 33.1. The van der Waals surface area contributed by atoms with Crippen molar-refractivity contribution in [3.63, 3.8) is 0 Å². The Morgan fingerprint density at radius 3 is 2.03 bits per heavy atom. The molecule has 1 aromatic rings. The third-order valence-electron chi connectivity index (χ3n) is 3.08. The van der Waals surface area contributed by atoms with Crippen LogP contribution in [0.25, 0.3) is 0 Å². The van der Waals surface area contributed by atoms with Gasteiger partial charge in [-0.3, -0.25) is 4.79 Å². The van der Waals surface area contributed by atoms with Crippen LogP contribution >= 0.6 is 23.2 Å². The predicted molar refractivity (Wildman–Crippen MR) is 126 cm³/mol. The van der Waals surface area contributed by atoms with Crippen LogP contribution in [0.3, 0.4) is 0 Å². The molecule has 0 saturated heterocycles. The Balaban J connectivity index is -0.000000386. The van der Waals surface area contributed by atoms with Crippen LogP contribution in [0.4, 0.5) is 0 Å². The van der Waals surface area contributed by atoms with Crippen molar-refractivity contribution in [1.29, 1.82) is 0 Å². The van der Waals surface area contributed by atoms with E-state index in [-0.39, 0.29) is 5.60 Å². The number of halogens is 2. The molecule has 1 heterocycles. The van der Waals surface area contributed by atoms with Crippen molar-refractivity contribution < 1.29 is 23.8 Å². The van der Waals surface area contributed by atoms with Crippen LogP contribution in [0, 0.1) is 0 Å². The van der Waals surface area contributed by atoms with Crippen molar-refractivity contribution >= 4 is 36.5 Å². The molecule has 1 aromatic carbocycles. The van der Waals surface area contributed by atoms with Crippen LogP contribution in [0.15, 0.2) is 12.1 Å². The molecule has 30 heavy (non-hydrogen) atoms. The second-order valence-corrected chi connectivity index (χ2v) is 7.34. The van der Waals surface area contributed by atoms with Gasteiger partial charge < -0.3 is 24.7 Å². The van der Waals surface area contributed by atoms with E-state index in [2.05, 4.69) is 11.7 Å². The van der Waals surface area contributed by atoms with Crippen molar-refractivity contribution in [2.75, 3.05) is 19.2 Å². The van der Waals surface area contributed by atoms with Crippen molar-refractivity contribution in [1.82, 2.24) is 0 Å². The maximum absolute atomic E-state index is 9.60. The zero-order valence-electron chi connectivity index (χ0n) is 19.3. The first-order valence-electron chi connectivity index (χ1n) is 10.0. The number of aryl methyl sites for hydroxylation is 1. The summed E-state index contributed by atoms with van der Waals surface area (Å²) >= 11 is 11.3. The smallest absolute Gasteiger partial charge is 0.293 e. The van der Waals surface area contributed by atoms with E-state index in [1.807, 2.05) is 53.5 Å². The third-order valence-corrected chi connectivity index (χ3v) is 3.70. The fourth-order valence-corrected chi connectivity index (χ4v) is 2.14. The molecule has 0 unspecified atom stereocenters. The summed E-state index contributed by atoms with van der Waals surface area (Å²) in [7, 11) is 0. The van der Waals surface area contributed by atoms with Gasteiger partial charge in [0.05, 0.1) is 0 Å². The van der Waals surface area contributed by atoms with Crippen LogP contribution in [-0.2, 0) is 20.7 Å². The second-order valence-electron chi connectivity index (χ2n) is 6.56. The van der Waals surface area contributed by atoms with Gasteiger partial charge in [-0.05, 0) is 58.2 Å². The summed E-state index contributed by atoms with van der Waals surface area (Å²) in [6.07, 6.45) is 4.26. The fourth-order valence-electron chi connectivity index (χ4n) is 1.74. The van der Waals surface area contributed by atoms with E-state index in [1.165, 1.54) is 6.42 Å². The molecule has 2 N–H and O–H groups in total. The molecule has 2 rings (SSSR count). The van der Waals surface area contributed by atoms with E-state index in [0.717, 1.165) is 41.3 Å². The minimum atomic E-state index is -0.318. The summed E-state index contributed by atoms with van der Waals surface area (Å²) < 4.78 is 15.1. The lowest BCUT2D eigenvalue weighted by molar-refractivity contribution is -0.138. The van der Waals surface area contributed by atoms with Gasteiger partial charge in [-0.15, -0.1) is 11.6 Å². The molecular weight excluding hydrogens is 429 g/mol. The molecule has 8 heteroatoms. The first-order chi connectivity index (χ1) is 14.3. The quantitative estimate of drug-likeness (QED) is 0.420. The lowest BCUT2D eigenvalue weighted by Gasteiger charge is -2.14. The summed E-state index contributed by atoms with van der Waals surface area (Å²) in [6.45, 7) is 15.1. The maximum Gasteiger partial charge on any atom is 0.293 e. The number of hydrogen-bond donors (Lipinski definition) is 1. The molecule has 0 aromatic heterocycles. The average Bonchev–Trinajstić information content (AvgIpc) is 3.17. The monoisotopic (exact) mass is 467 g/mol. The molecule has 1 aliphatic heterocycles. The molecular formula is C22H39Cl2NO5. The largest absolute Gasteiger partial charge is 0.462 e. The average molecular weight is 468 g/mol. The molecule has 0 bridgehead atoms. The predicted octanol–water partition coefficient (Wildman–Crippen LogP) is 5.78. The van der Waals surface area contributed by atoms with E-state index in [1.54, 1.807) is 0 Å². The number of hydrogen-bond acceptors (Lipinski definition) is 6. The van der Waals surface area contributed by atoms with Crippen LogP contribution in [0.5, 0.6) is 11.5 Å². The van der Waals surface area contributed by atoms with Crippen LogP contribution in [0.2, 0.25) is 5.02 Å². The third kappa shape index (κ3) is 18.5. The van der Waals surface area contributed by atoms with Gasteiger partial charge in [0.15, 0.2) is 11.5 Å². The van der Waals surface area contributed by atoms with E-state index in [0.29, 0.717) is 25.7 Å². The standard InChI is InChI=1S/C11H13ClO2.C5H10O2.C3H8ClN.C2H6.CH2O/c1-2-3-4-8-5-10-11(6-9(8)12)14-7-13-10;1-5(2,3)7-4-6;4-2-1-3-5;2*1-2/h5-6H,2-4,7H2,1H3;4H,1-3H3;1-3,5H2;1-2H3;1H2. The minimum absolute atomic E-state index is 0.308. The molecule has 0 aliphatic carbocycles. The Bertz CT molecular complexity index is 535. The summed E-state index contributed by atoms with van der Waals surface area (Å²) in [4.78, 5) is 17.6. The van der Waals surface area contributed by atoms with E-state index in [9.17, 15) is 4.79 Å². The van der Waals surface area contributed by atoms with Crippen molar-refractivity contribution in [3.05, 3.63) is 22.7 Å². The number of ether oxygens (including phenoxy) is 3. The Labute approximate surface area is 192 Å². The fraction of sp³-hybridized carbons (Fsp3) is 0.636. The molecule has 0 saturated carbocycles. The highest BCUT2D eigenvalue weighted by Crippen LogP contribution is 2.37. The molecule has 0 fully saturated rings. The Hall–Kier alpha value is -1.50. The molecule has 0 spiro atoms. The molecule has 6 nitrogen and oxygen atoms in total. The van der Waals surface area contributed by atoms with Crippen molar-refractivity contribution in [2.24, 2.45) is 5.73 Å². The molecule has 0 radical (unpaired) electrons. The summed E-state index contributed by atoms with van der Waals surface area (Å²) in [5.41, 5.74) is 5.89. The summed E-state index contributed by atoms with van der Waals surface area (Å²) in [5, 5.41) is 0.780. The number of rotatable bonds is 6. The number of fused-ring (bicyclic) bond motifs is 1. The topological polar surface area (TPSA) is 87.9 Å². The van der Waals surface area contributed by atoms with Crippen LogP contribution in [0.1, 0.15) is 66.4 Å². The lowest BCUT2D eigenvalue weighted by atomic mass is 10.1. The maximum atomic E-state index is 9.60. The number of nitrogens with two attached hydrogens (primary N) is 1. The van der Waals surface area contributed by atoms with E-state index in [4.69, 9.17) is 43.2 Å². The van der Waals surface area contributed by atoms with Gasteiger partial charge in [0, 0.05) is 17.0 Å². The van der Waals surface area contributed by atoms with E-state index < -0.39 is 0 Å². The minimum Gasteiger partial charge on any atom is -0.462 e. The zero-order chi connectivity index (χ0) is 24.0. The Kier molecular flexibility index (Phi) is 24.5. The van der Waals surface area contributed by atoms with Gasteiger partial charge in [0.2, 0.25) is 6.79 Å². The molecule has 1 aliphatic rings. The second kappa shape index (κ2) is 22.2. The van der Waals surface area contributed by atoms with Gasteiger partial charge in [-0.2, -0.15) is 0 Å². The molecule has 176 valence electrons. The number of alkyl halides is 1. The van der Waals surface area contributed by atoms with Gasteiger partial charge in [0.25, 0.3) is 6.47 Å². The van der Waals surface area contributed by atoms with Crippen molar-refractivity contribution in [2.45, 2.75) is 72.8 Å². The SMILES string of the molecule is C=O.CC.CC(C)(C)OC=O.CCCCc1cc2c(cc1Cl)OCO2.NCCCCl. The zero-order valence-corrected chi connectivity index (χ0v) is 20.8. The van der Waals surface area contributed by atoms with Gasteiger partial charge in [-0.1, -0.05) is 38.8 Å². The number of unbranched alkanes of at least 4 members (excludes halogenated alkanes) is 1. The number of carbonyl (C=O) groups is 2. The highest BCUT2D eigenvalue weighted by molar-refractivity contribution is 6.31. The number of carbonyl (C=O) groups excluding carboxylic acids is 2. The van der Waals surface area contributed by atoms with Crippen LogP contribution < -0.4 is 15.2 Å². The summed E-state index contributed by atoms with van der Waals surface area (Å²) in [6, 6.07) is 3.83. The normalized spacial score (nSPS) is 10.4. The first-order valence-corrected chi connectivity index (χ1v) is 10.9. The van der Waals surface area contributed by atoms with E-state index >= 15 is 0 Å². The lowest BCUT2D eigenvalue weighted by Crippen LogP contribution is -2.17. The molecule has 0 amide bonds. The Morgan fingerprint density at radius 1 is 1.17 bits per heavy atom. The van der Waals surface area contributed by atoms with Gasteiger partial charge >= 0.3 is 0 Å². The van der Waals surface area contributed by atoms with Gasteiger partial charge in [-0.25, -0.2) is 0 Å². The number of benzene rings is 1.